The fourth-order valence-electron chi connectivity index (χ4n) is 1.26. The Balaban J connectivity index is 1.94. The summed E-state index contributed by atoms with van der Waals surface area (Å²) < 4.78 is 17.7. The summed E-state index contributed by atoms with van der Waals surface area (Å²) in [6.07, 6.45) is 0. The standard InChI is InChI=1S/C12H10FNO2S/c1-8-14-11(7-17-8)12(15)16-6-9-2-4-10(13)5-3-9/h2-5,7H,6H2,1H3. The van der Waals surface area contributed by atoms with Gasteiger partial charge in [0, 0.05) is 5.38 Å². The number of carbonyl (C=O) groups excluding carboxylic acids is 1. The van der Waals surface area contributed by atoms with E-state index in [1.54, 1.807) is 17.5 Å². The van der Waals surface area contributed by atoms with Gasteiger partial charge in [-0.25, -0.2) is 14.2 Å². The van der Waals surface area contributed by atoms with Gasteiger partial charge in [0.05, 0.1) is 5.01 Å². The molecule has 3 nitrogen and oxygen atoms in total. The molecule has 88 valence electrons. The minimum Gasteiger partial charge on any atom is -0.456 e. The summed E-state index contributed by atoms with van der Waals surface area (Å²) >= 11 is 1.39. The van der Waals surface area contributed by atoms with Crippen molar-refractivity contribution in [2.24, 2.45) is 0 Å². The molecule has 0 radical (unpaired) electrons. The maximum Gasteiger partial charge on any atom is 0.358 e. The second kappa shape index (κ2) is 5.05. The van der Waals surface area contributed by atoms with Gasteiger partial charge < -0.3 is 4.74 Å². The highest BCUT2D eigenvalue weighted by molar-refractivity contribution is 7.09. The molecule has 2 rings (SSSR count). The predicted molar refractivity (Wildman–Crippen MR) is 62.4 cm³/mol. The van der Waals surface area contributed by atoms with Crippen LogP contribution in [0, 0.1) is 12.7 Å². The lowest BCUT2D eigenvalue weighted by Crippen LogP contribution is -2.05. The van der Waals surface area contributed by atoms with E-state index in [-0.39, 0.29) is 12.4 Å². The highest BCUT2D eigenvalue weighted by Crippen LogP contribution is 2.11. The monoisotopic (exact) mass is 251 g/mol. The first-order chi connectivity index (χ1) is 8.15. The molecule has 0 aliphatic heterocycles. The third-order valence-electron chi connectivity index (χ3n) is 2.11. The van der Waals surface area contributed by atoms with Gasteiger partial charge >= 0.3 is 5.97 Å². The van der Waals surface area contributed by atoms with Crippen molar-refractivity contribution >= 4 is 17.3 Å². The lowest BCUT2D eigenvalue weighted by Gasteiger charge is -2.02. The van der Waals surface area contributed by atoms with E-state index in [4.69, 9.17) is 4.74 Å². The molecule has 0 aliphatic carbocycles. The van der Waals surface area contributed by atoms with E-state index in [0.29, 0.717) is 5.69 Å². The van der Waals surface area contributed by atoms with Crippen LogP contribution in [0.15, 0.2) is 29.6 Å². The molecule has 1 heterocycles. The second-order valence-electron chi connectivity index (χ2n) is 3.45. The highest BCUT2D eigenvalue weighted by atomic mass is 32.1. The number of thiazole rings is 1. The number of hydrogen-bond donors (Lipinski definition) is 0. The van der Waals surface area contributed by atoms with Crippen molar-refractivity contribution in [2.75, 3.05) is 0 Å². The van der Waals surface area contributed by atoms with Crippen LogP contribution in [0.5, 0.6) is 0 Å². The summed E-state index contributed by atoms with van der Waals surface area (Å²) in [5.41, 5.74) is 1.06. The Kier molecular flexibility index (Phi) is 3.49. The number of rotatable bonds is 3. The first kappa shape index (κ1) is 11.7. The van der Waals surface area contributed by atoms with Gasteiger partial charge in [-0.05, 0) is 24.6 Å². The minimum absolute atomic E-state index is 0.121. The van der Waals surface area contributed by atoms with Gasteiger partial charge in [-0.15, -0.1) is 11.3 Å². The molecule has 17 heavy (non-hydrogen) atoms. The van der Waals surface area contributed by atoms with Crippen LogP contribution < -0.4 is 0 Å². The summed E-state index contributed by atoms with van der Waals surface area (Å²) in [5, 5.41) is 2.47. The molecular formula is C12H10FNO2S. The largest absolute Gasteiger partial charge is 0.456 e. The van der Waals surface area contributed by atoms with Crippen LogP contribution in [0.25, 0.3) is 0 Å². The molecule has 0 saturated heterocycles. The van der Waals surface area contributed by atoms with Crippen LogP contribution in [0.1, 0.15) is 21.1 Å². The normalized spacial score (nSPS) is 10.2. The fourth-order valence-corrected chi connectivity index (χ4v) is 1.84. The summed E-state index contributed by atoms with van der Waals surface area (Å²) in [6, 6.07) is 5.82. The van der Waals surface area contributed by atoms with Crippen molar-refractivity contribution in [1.29, 1.82) is 0 Å². The first-order valence-corrected chi connectivity index (χ1v) is 5.87. The lowest BCUT2D eigenvalue weighted by atomic mass is 10.2. The zero-order chi connectivity index (χ0) is 12.3. The summed E-state index contributed by atoms with van der Waals surface area (Å²) in [5.74, 6) is -0.770. The quantitative estimate of drug-likeness (QED) is 0.787. The number of benzene rings is 1. The number of hydrogen-bond acceptors (Lipinski definition) is 4. The molecule has 5 heteroatoms. The van der Waals surface area contributed by atoms with Gasteiger partial charge in [0.15, 0.2) is 5.69 Å². The van der Waals surface area contributed by atoms with E-state index in [9.17, 15) is 9.18 Å². The van der Waals surface area contributed by atoms with Crippen LogP contribution >= 0.6 is 11.3 Å². The average Bonchev–Trinajstić information content (AvgIpc) is 2.75. The molecule has 0 unspecified atom stereocenters. The van der Waals surface area contributed by atoms with Crippen molar-refractivity contribution < 1.29 is 13.9 Å². The topological polar surface area (TPSA) is 39.2 Å². The second-order valence-corrected chi connectivity index (χ2v) is 4.52. The third kappa shape index (κ3) is 3.10. The Hall–Kier alpha value is -1.75. The van der Waals surface area contributed by atoms with Gasteiger partial charge in [-0.3, -0.25) is 0 Å². The molecule has 0 N–H and O–H groups in total. The van der Waals surface area contributed by atoms with Gasteiger partial charge in [-0.2, -0.15) is 0 Å². The van der Waals surface area contributed by atoms with E-state index in [0.717, 1.165) is 10.6 Å². The number of ether oxygens (including phenoxy) is 1. The van der Waals surface area contributed by atoms with Gasteiger partial charge in [0.25, 0.3) is 0 Å². The summed E-state index contributed by atoms with van der Waals surface area (Å²) in [6.45, 7) is 1.94. The lowest BCUT2D eigenvalue weighted by molar-refractivity contribution is 0.0466. The summed E-state index contributed by atoms with van der Waals surface area (Å²) in [7, 11) is 0. The van der Waals surface area contributed by atoms with Gasteiger partial charge in [-0.1, -0.05) is 12.1 Å². The molecule has 2 aromatic rings. The SMILES string of the molecule is Cc1nc(C(=O)OCc2ccc(F)cc2)cs1. The Morgan fingerprint density at radius 2 is 2.12 bits per heavy atom. The molecule has 0 spiro atoms. The van der Waals surface area contributed by atoms with E-state index in [1.807, 2.05) is 6.92 Å². The van der Waals surface area contributed by atoms with E-state index in [2.05, 4.69) is 4.98 Å². The van der Waals surface area contributed by atoms with E-state index < -0.39 is 5.97 Å². The Bertz CT molecular complexity index is 522. The maximum absolute atomic E-state index is 12.6. The Labute approximate surface area is 102 Å². The number of nitrogens with zero attached hydrogens (tertiary/aromatic N) is 1. The summed E-state index contributed by atoms with van der Waals surface area (Å²) in [4.78, 5) is 15.6. The number of esters is 1. The fraction of sp³-hybridized carbons (Fsp3) is 0.167. The molecule has 0 saturated carbocycles. The Morgan fingerprint density at radius 3 is 2.71 bits per heavy atom. The molecule has 0 atom stereocenters. The van der Waals surface area contributed by atoms with Crippen molar-refractivity contribution in [1.82, 2.24) is 4.98 Å². The average molecular weight is 251 g/mol. The molecule has 1 aromatic heterocycles. The maximum atomic E-state index is 12.6. The smallest absolute Gasteiger partial charge is 0.358 e. The first-order valence-electron chi connectivity index (χ1n) is 4.99. The van der Waals surface area contributed by atoms with Crippen LogP contribution in [-0.2, 0) is 11.3 Å². The Morgan fingerprint density at radius 1 is 1.41 bits per heavy atom. The predicted octanol–water partition coefficient (Wildman–Crippen LogP) is 2.95. The molecule has 0 bridgehead atoms. The molecule has 0 amide bonds. The molecular weight excluding hydrogens is 241 g/mol. The number of carbonyl (C=O) groups is 1. The number of aryl methyl sites for hydroxylation is 1. The van der Waals surface area contributed by atoms with Crippen LogP contribution in [0.3, 0.4) is 0 Å². The zero-order valence-electron chi connectivity index (χ0n) is 9.14. The van der Waals surface area contributed by atoms with Gasteiger partial charge in [0.2, 0.25) is 0 Å². The van der Waals surface area contributed by atoms with Crippen molar-refractivity contribution in [3.63, 3.8) is 0 Å². The number of halogens is 1. The third-order valence-corrected chi connectivity index (χ3v) is 2.88. The van der Waals surface area contributed by atoms with Crippen LogP contribution in [0.2, 0.25) is 0 Å². The number of aromatic nitrogens is 1. The van der Waals surface area contributed by atoms with Crippen LogP contribution in [-0.4, -0.2) is 11.0 Å². The molecule has 0 aliphatic rings. The van der Waals surface area contributed by atoms with E-state index in [1.165, 1.54) is 23.5 Å². The van der Waals surface area contributed by atoms with Crippen LogP contribution in [0.4, 0.5) is 4.39 Å². The molecule has 1 aromatic carbocycles. The highest BCUT2D eigenvalue weighted by Gasteiger charge is 2.10. The molecule has 0 fully saturated rings. The van der Waals surface area contributed by atoms with Crippen molar-refractivity contribution in [3.05, 3.63) is 51.7 Å². The minimum atomic E-state index is -0.460. The van der Waals surface area contributed by atoms with Crippen molar-refractivity contribution in [3.8, 4) is 0 Å². The van der Waals surface area contributed by atoms with Gasteiger partial charge in [0.1, 0.15) is 12.4 Å². The van der Waals surface area contributed by atoms with E-state index >= 15 is 0 Å². The zero-order valence-corrected chi connectivity index (χ0v) is 9.96. The van der Waals surface area contributed by atoms with Crippen molar-refractivity contribution in [2.45, 2.75) is 13.5 Å².